The predicted molar refractivity (Wildman–Crippen MR) is 104 cm³/mol. The van der Waals surface area contributed by atoms with E-state index in [0.717, 1.165) is 46.3 Å². The van der Waals surface area contributed by atoms with Gasteiger partial charge in [0.2, 0.25) is 5.88 Å². The number of rotatable bonds is 5. The first kappa shape index (κ1) is 17.9. The number of methoxy groups -OCH3 is 1. The van der Waals surface area contributed by atoms with Crippen molar-refractivity contribution in [1.82, 2.24) is 9.97 Å². The molecule has 3 heterocycles. The zero-order chi connectivity index (χ0) is 18.8. The van der Waals surface area contributed by atoms with Crippen molar-refractivity contribution in [2.45, 2.75) is 25.7 Å². The number of amides is 1. The number of carbonyl (C=O) groups excluding carboxylic acids is 2. The summed E-state index contributed by atoms with van der Waals surface area (Å²) in [5.74, 6) is -0.391. The minimum atomic E-state index is -0.415. The van der Waals surface area contributed by atoms with Crippen molar-refractivity contribution in [2.24, 2.45) is 0 Å². The SMILES string of the molecule is COC(=O)c1c(NC(=O)COc2ncnc3sccc23)sc2c1CCCC2. The molecule has 0 spiro atoms. The average molecular weight is 403 g/mol. The Kier molecular flexibility index (Phi) is 5.04. The van der Waals surface area contributed by atoms with Gasteiger partial charge in [0.1, 0.15) is 16.2 Å². The normalized spacial score (nSPS) is 13.2. The maximum Gasteiger partial charge on any atom is 0.341 e. The van der Waals surface area contributed by atoms with Crippen molar-refractivity contribution in [3.8, 4) is 5.88 Å². The largest absolute Gasteiger partial charge is 0.467 e. The zero-order valence-corrected chi connectivity index (χ0v) is 16.2. The second kappa shape index (κ2) is 7.61. The molecule has 0 saturated carbocycles. The highest BCUT2D eigenvalue weighted by molar-refractivity contribution is 7.17. The molecule has 0 aliphatic heterocycles. The number of hydrogen-bond acceptors (Lipinski definition) is 8. The first-order chi connectivity index (χ1) is 13.2. The fourth-order valence-electron chi connectivity index (χ4n) is 3.15. The number of aryl methyl sites for hydroxylation is 1. The van der Waals surface area contributed by atoms with Gasteiger partial charge in [-0.1, -0.05) is 0 Å². The third-order valence-corrected chi connectivity index (χ3v) is 6.41. The van der Waals surface area contributed by atoms with Crippen LogP contribution in [-0.4, -0.2) is 35.6 Å². The Morgan fingerprint density at radius 3 is 2.96 bits per heavy atom. The molecule has 0 fully saturated rings. The van der Waals surface area contributed by atoms with E-state index in [-0.39, 0.29) is 12.5 Å². The molecule has 4 rings (SSSR count). The van der Waals surface area contributed by atoms with Gasteiger partial charge in [0, 0.05) is 4.88 Å². The Labute approximate surface area is 163 Å². The molecule has 1 aliphatic rings. The number of ether oxygens (including phenoxy) is 2. The minimum absolute atomic E-state index is 0.203. The highest BCUT2D eigenvalue weighted by Crippen LogP contribution is 2.38. The molecule has 0 bridgehead atoms. The summed E-state index contributed by atoms with van der Waals surface area (Å²) in [6.45, 7) is -0.203. The van der Waals surface area contributed by atoms with E-state index < -0.39 is 5.97 Å². The maximum absolute atomic E-state index is 12.4. The van der Waals surface area contributed by atoms with Crippen molar-refractivity contribution >= 4 is 49.8 Å². The van der Waals surface area contributed by atoms with Crippen LogP contribution in [0.1, 0.15) is 33.6 Å². The molecule has 3 aromatic rings. The number of esters is 1. The van der Waals surface area contributed by atoms with Crippen molar-refractivity contribution < 1.29 is 19.1 Å². The van der Waals surface area contributed by atoms with Gasteiger partial charge < -0.3 is 14.8 Å². The van der Waals surface area contributed by atoms with Crippen LogP contribution in [0.25, 0.3) is 10.2 Å². The number of hydrogen-bond donors (Lipinski definition) is 1. The number of nitrogens with one attached hydrogen (secondary N) is 1. The fourth-order valence-corrected chi connectivity index (χ4v) is 5.17. The summed E-state index contributed by atoms with van der Waals surface area (Å²) in [7, 11) is 1.35. The number of anilines is 1. The predicted octanol–water partition coefficient (Wildman–Crippen LogP) is 3.44. The summed E-state index contributed by atoms with van der Waals surface area (Å²) in [6, 6.07) is 1.86. The third kappa shape index (κ3) is 3.52. The van der Waals surface area contributed by atoms with Gasteiger partial charge in [-0.2, -0.15) is 0 Å². The monoisotopic (exact) mass is 403 g/mol. The summed E-state index contributed by atoms with van der Waals surface area (Å²) < 4.78 is 10.5. The first-order valence-electron chi connectivity index (χ1n) is 8.51. The van der Waals surface area contributed by atoms with Crippen LogP contribution in [0.2, 0.25) is 0 Å². The fraction of sp³-hybridized carbons (Fsp3) is 0.333. The average Bonchev–Trinajstić information content (AvgIpc) is 3.30. The van der Waals surface area contributed by atoms with Crippen molar-refractivity contribution in [3.63, 3.8) is 0 Å². The zero-order valence-electron chi connectivity index (χ0n) is 14.6. The lowest BCUT2D eigenvalue weighted by atomic mass is 9.95. The van der Waals surface area contributed by atoms with Crippen LogP contribution in [0.3, 0.4) is 0 Å². The van der Waals surface area contributed by atoms with Crippen LogP contribution in [0, 0.1) is 0 Å². The van der Waals surface area contributed by atoms with Gasteiger partial charge in [-0.25, -0.2) is 14.8 Å². The number of fused-ring (bicyclic) bond motifs is 2. The van der Waals surface area contributed by atoms with E-state index in [0.29, 0.717) is 16.4 Å². The van der Waals surface area contributed by atoms with Gasteiger partial charge in [0.05, 0.1) is 18.1 Å². The molecule has 1 amide bonds. The second-order valence-corrected chi connectivity index (χ2v) is 8.06. The lowest BCUT2D eigenvalue weighted by Gasteiger charge is -2.11. The molecular formula is C18H17N3O4S2. The molecular weight excluding hydrogens is 386 g/mol. The van der Waals surface area contributed by atoms with Gasteiger partial charge in [0.15, 0.2) is 6.61 Å². The molecule has 140 valence electrons. The summed E-state index contributed by atoms with van der Waals surface area (Å²) in [5, 5.41) is 6.01. The molecule has 0 saturated heterocycles. The van der Waals surface area contributed by atoms with Crippen LogP contribution in [0.5, 0.6) is 5.88 Å². The molecule has 1 aliphatic carbocycles. The molecule has 0 unspecified atom stereocenters. The molecule has 0 aromatic carbocycles. The molecule has 0 radical (unpaired) electrons. The molecule has 1 N–H and O–H groups in total. The van der Waals surface area contributed by atoms with Gasteiger partial charge in [0.25, 0.3) is 5.91 Å². The molecule has 0 atom stereocenters. The van der Waals surface area contributed by atoms with Crippen LogP contribution < -0.4 is 10.1 Å². The standard InChI is InChI=1S/C18H17N3O4S2/c1-24-18(23)14-10-4-2-3-5-12(10)27-17(14)21-13(22)8-25-15-11-6-7-26-16(11)20-9-19-15/h6-7,9H,2-5,8H2,1H3,(H,21,22). The third-order valence-electron chi connectivity index (χ3n) is 4.38. The van der Waals surface area contributed by atoms with E-state index >= 15 is 0 Å². The van der Waals surface area contributed by atoms with Crippen LogP contribution >= 0.6 is 22.7 Å². The van der Waals surface area contributed by atoms with Crippen LogP contribution in [0.4, 0.5) is 5.00 Å². The van der Waals surface area contributed by atoms with Crippen molar-refractivity contribution in [3.05, 3.63) is 33.8 Å². The van der Waals surface area contributed by atoms with Gasteiger partial charge in [-0.3, -0.25) is 4.79 Å². The van der Waals surface area contributed by atoms with E-state index in [1.807, 2.05) is 11.4 Å². The van der Waals surface area contributed by atoms with E-state index in [9.17, 15) is 9.59 Å². The minimum Gasteiger partial charge on any atom is -0.467 e. The van der Waals surface area contributed by atoms with Gasteiger partial charge in [-0.05, 0) is 42.7 Å². The van der Waals surface area contributed by atoms with Crippen LogP contribution in [-0.2, 0) is 22.4 Å². The van der Waals surface area contributed by atoms with Gasteiger partial charge >= 0.3 is 5.97 Å². The highest BCUT2D eigenvalue weighted by atomic mass is 32.1. The van der Waals surface area contributed by atoms with E-state index in [4.69, 9.17) is 9.47 Å². The smallest absolute Gasteiger partial charge is 0.341 e. The summed E-state index contributed by atoms with van der Waals surface area (Å²) in [5.41, 5.74) is 1.48. The van der Waals surface area contributed by atoms with Gasteiger partial charge in [-0.15, -0.1) is 22.7 Å². The van der Waals surface area contributed by atoms with E-state index in [2.05, 4.69) is 15.3 Å². The summed E-state index contributed by atoms with van der Waals surface area (Å²) in [4.78, 5) is 34.8. The van der Waals surface area contributed by atoms with Crippen molar-refractivity contribution in [1.29, 1.82) is 0 Å². The molecule has 3 aromatic heterocycles. The Hall–Kier alpha value is -2.52. The maximum atomic E-state index is 12.4. The molecule has 27 heavy (non-hydrogen) atoms. The lowest BCUT2D eigenvalue weighted by Crippen LogP contribution is -2.21. The first-order valence-corrected chi connectivity index (χ1v) is 10.2. The Morgan fingerprint density at radius 2 is 2.11 bits per heavy atom. The topological polar surface area (TPSA) is 90.4 Å². The van der Waals surface area contributed by atoms with E-state index in [1.165, 1.54) is 36.1 Å². The summed E-state index contributed by atoms with van der Waals surface area (Å²) >= 11 is 2.93. The lowest BCUT2D eigenvalue weighted by molar-refractivity contribution is -0.118. The number of nitrogens with zero attached hydrogens (tertiary/aromatic N) is 2. The number of carbonyl (C=O) groups is 2. The van der Waals surface area contributed by atoms with E-state index in [1.54, 1.807) is 0 Å². The Morgan fingerprint density at radius 1 is 1.26 bits per heavy atom. The highest BCUT2D eigenvalue weighted by Gasteiger charge is 2.27. The molecule has 9 heteroatoms. The number of thiophene rings is 2. The quantitative estimate of drug-likeness (QED) is 0.657. The molecule has 7 nitrogen and oxygen atoms in total. The second-order valence-electron chi connectivity index (χ2n) is 6.06. The van der Waals surface area contributed by atoms with Crippen molar-refractivity contribution in [2.75, 3.05) is 19.0 Å². The number of aromatic nitrogens is 2. The summed E-state index contributed by atoms with van der Waals surface area (Å²) in [6.07, 6.45) is 5.30. The van der Waals surface area contributed by atoms with Crippen LogP contribution in [0.15, 0.2) is 17.8 Å². The Balaban J connectivity index is 1.50. The Bertz CT molecular complexity index is 1010.